The molecular formula is C12H19N3O2. The molecule has 1 aliphatic carbocycles. The van der Waals surface area contributed by atoms with Crippen LogP contribution in [-0.4, -0.2) is 26.1 Å². The van der Waals surface area contributed by atoms with Crippen LogP contribution in [0.3, 0.4) is 0 Å². The van der Waals surface area contributed by atoms with Gasteiger partial charge in [0.05, 0.1) is 11.7 Å². The first kappa shape index (κ1) is 12.1. The van der Waals surface area contributed by atoms with E-state index in [0.29, 0.717) is 17.7 Å². The van der Waals surface area contributed by atoms with Gasteiger partial charge in [-0.2, -0.15) is 0 Å². The molecule has 1 heterocycles. The van der Waals surface area contributed by atoms with E-state index in [1.54, 1.807) is 11.6 Å². The normalized spacial score (nSPS) is 29.2. The van der Waals surface area contributed by atoms with Crippen molar-refractivity contribution in [2.24, 2.45) is 11.8 Å². The summed E-state index contributed by atoms with van der Waals surface area (Å²) in [6.07, 6.45) is 3.30. The fraction of sp³-hybridized carbons (Fsp3) is 0.750. The molecule has 0 aromatic carbocycles. The summed E-state index contributed by atoms with van der Waals surface area (Å²) in [4.78, 5) is 10.9. The Morgan fingerprint density at radius 3 is 2.59 bits per heavy atom. The number of hydrogen-bond donors (Lipinski definition) is 1. The first-order chi connectivity index (χ1) is 8.00. The van der Waals surface area contributed by atoms with Crippen LogP contribution in [0.25, 0.3) is 0 Å². The second-order valence-electron chi connectivity index (χ2n) is 5.19. The molecule has 0 radical (unpaired) electrons. The van der Waals surface area contributed by atoms with Crippen LogP contribution in [0, 0.1) is 18.8 Å². The van der Waals surface area contributed by atoms with E-state index < -0.39 is 5.97 Å². The number of carboxylic acid groups (broad SMARTS) is 1. The van der Waals surface area contributed by atoms with Crippen LogP contribution in [0.2, 0.25) is 0 Å². The van der Waals surface area contributed by atoms with E-state index in [2.05, 4.69) is 24.2 Å². The fourth-order valence-electron chi connectivity index (χ4n) is 2.63. The summed E-state index contributed by atoms with van der Waals surface area (Å²) in [6.45, 7) is 6.31. The van der Waals surface area contributed by atoms with Gasteiger partial charge in [-0.15, -0.1) is 5.10 Å². The van der Waals surface area contributed by atoms with Gasteiger partial charge in [-0.3, -0.25) is 0 Å². The molecule has 1 N–H and O–H groups in total. The van der Waals surface area contributed by atoms with Crippen molar-refractivity contribution in [2.45, 2.75) is 46.1 Å². The maximum Gasteiger partial charge on any atom is 0.358 e. The highest BCUT2D eigenvalue weighted by Crippen LogP contribution is 2.36. The Labute approximate surface area is 101 Å². The Morgan fingerprint density at radius 1 is 1.35 bits per heavy atom. The Kier molecular flexibility index (Phi) is 3.17. The molecule has 2 rings (SSSR count). The molecule has 0 bridgehead atoms. The molecule has 5 nitrogen and oxygen atoms in total. The van der Waals surface area contributed by atoms with Crippen molar-refractivity contribution in [1.29, 1.82) is 0 Å². The predicted molar refractivity (Wildman–Crippen MR) is 62.9 cm³/mol. The fourth-order valence-corrected chi connectivity index (χ4v) is 2.63. The van der Waals surface area contributed by atoms with Gasteiger partial charge >= 0.3 is 5.97 Å². The van der Waals surface area contributed by atoms with Crippen LogP contribution in [0.1, 0.15) is 55.3 Å². The summed E-state index contributed by atoms with van der Waals surface area (Å²) in [7, 11) is 0. The average molecular weight is 237 g/mol. The molecule has 1 aromatic heterocycles. The van der Waals surface area contributed by atoms with Crippen LogP contribution in [-0.2, 0) is 0 Å². The molecule has 94 valence electrons. The second-order valence-corrected chi connectivity index (χ2v) is 5.19. The standard InChI is InChI=1S/C12H19N3O2/c1-7-4-5-10(6-8(7)2)15-9(3)11(12(16)17)13-14-15/h7-8,10H,4-6H2,1-3H3,(H,16,17). The van der Waals surface area contributed by atoms with E-state index in [4.69, 9.17) is 5.11 Å². The van der Waals surface area contributed by atoms with Gasteiger partial charge in [-0.05, 0) is 38.0 Å². The van der Waals surface area contributed by atoms with E-state index >= 15 is 0 Å². The molecule has 1 aliphatic rings. The van der Waals surface area contributed by atoms with Gasteiger partial charge in [0.1, 0.15) is 0 Å². The zero-order valence-electron chi connectivity index (χ0n) is 10.6. The quantitative estimate of drug-likeness (QED) is 0.856. The SMILES string of the molecule is Cc1c(C(=O)O)nnn1C1CCC(C)C(C)C1. The van der Waals surface area contributed by atoms with E-state index in [-0.39, 0.29) is 5.69 Å². The Bertz CT molecular complexity index is 427. The topological polar surface area (TPSA) is 68.0 Å². The summed E-state index contributed by atoms with van der Waals surface area (Å²) in [5, 5.41) is 16.7. The molecule has 0 aliphatic heterocycles. The number of carboxylic acids is 1. The van der Waals surface area contributed by atoms with Crippen LogP contribution < -0.4 is 0 Å². The molecule has 1 fully saturated rings. The maximum absolute atomic E-state index is 10.9. The smallest absolute Gasteiger partial charge is 0.358 e. The lowest BCUT2D eigenvalue weighted by molar-refractivity contribution is 0.0689. The summed E-state index contributed by atoms with van der Waals surface area (Å²) < 4.78 is 1.80. The van der Waals surface area contributed by atoms with Gasteiger partial charge in [-0.25, -0.2) is 9.48 Å². The third-order valence-electron chi connectivity index (χ3n) is 4.05. The molecule has 17 heavy (non-hydrogen) atoms. The van der Waals surface area contributed by atoms with Crippen molar-refractivity contribution in [2.75, 3.05) is 0 Å². The number of aromatic nitrogens is 3. The maximum atomic E-state index is 10.9. The minimum atomic E-state index is -0.994. The van der Waals surface area contributed by atoms with E-state index in [0.717, 1.165) is 18.8 Å². The third kappa shape index (κ3) is 2.18. The lowest BCUT2D eigenvalue weighted by atomic mass is 9.79. The van der Waals surface area contributed by atoms with Crippen LogP contribution in [0.15, 0.2) is 0 Å². The number of nitrogens with zero attached hydrogens (tertiary/aromatic N) is 3. The second kappa shape index (κ2) is 4.47. The number of hydrogen-bond acceptors (Lipinski definition) is 3. The van der Waals surface area contributed by atoms with Gasteiger partial charge < -0.3 is 5.11 Å². The molecule has 3 unspecified atom stereocenters. The predicted octanol–water partition coefficient (Wildman–Crippen LogP) is 2.28. The highest BCUT2D eigenvalue weighted by molar-refractivity contribution is 5.86. The number of aromatic carboxylic acids is 1. The van der Waals surface area contributed by atoms with Crippen molar-refractivity contribution in [1.82, 2.24) is 15.0 Å². The van der Waals surface area contributed by atoms with Gasteiger partial charge in [0, 0.05) is 0 Å². The molecule has 3 atom stereocenters. The van der Waals surface area contributed by atoms with Crippen LogP contribution in [0.5, 0.6) is 0 Å². The van der Waals surface area contributed by atoms with Crippen molar-refractivity contribution in [3.8, 4) is 0 Å². The van der Waals surface area contributed by atoms with Crippen molar-refractivity contribution < 1.29 is 9.90 Å². The summed E-state index contributed by atoms with van der Waals surface area (Å²) in [6, 6.07) is 0.307. The van der Waals surface area contributed by atoms with Gasteiger partial charge in [0.15, 0.2) is 5.69 Å². The first-order valence-corrected chi connectivity index (χ1v) is 6.15. The summed E-state index contributed by atoms with van der Waals surface area (Å²) in [5.74, 6) is 0.408. The summed E-state index contributed by atoms with van der Waals surface area (Å²) in [5.41, 5.74) is 0.750. The number of rotatable bonds is 2. The van der Waals surface area contributed by atoms with Crippen LogP contribution >= 0.6 is 0 Å². The van der Waals surface area contributed by atoms with E-state index in [1.165, 1.54) is 6.42 Å². The van der Waals surface area contributed by atoms with E-state index in [1.807, 2.05) is 0 Å². The Hall–Kier alpha value is -1.39. The number of carbonyl (C=O) groups is 1. The largest absolute Gasteiger partial charge is 0.476 e. The molecule has 0 amide bonds. The van der Waals surface area contributed by atoms with Crippen molar-refractivity contribution in [3.63, 3.8) is 0 Å². The van der Waals surface area contributed by atoms with Crippen molar-refractivity contribution in [3.05, 3.63) is 11.4 Å². The van der Waals surface area contributed by atoms with E-state index in [9.17, 15) is 4.79 Å². The molecule has 1 aromatic rings. The minimum absolute atomic E-state index is 0.0799. The lowest BCUT2D eigenvalue weighted by Crippen LogP contribution is -2.24. The van der Waals surface area contributed by atoms with Crippen LogP contribution in [0.4, 0.5) is 0 Å². The highest BCUT2D eigenvalue weighted by Gasteiger charge is 2.28. The Morgan fingerprint density at radius 2 is 2.06 bits per heavy atom. The molecular weight excluding hydrogens is 218 g/mol. The molecule has 1 saturated carbocycles. The van der Waals surface area contributed by atoms with Crippen molar-refractivity contribution >= 4 is 5.97 Å². The van der Waals surface area contributed by atoms with Gasteiger partial charge in [0.25, 0.3) is 0 Å². The third-order valence-corrected chi connectivity index (χ3v) is 4.05. The molecule has 5 heteroatoms. The monoisotopic (exact) mass is 237 g/mol. The summed E-state index contributed by atoms with van der Waals surface area (Å²) >= 11 is 0. The Balaban J connectivity index is 2.21. The zero-order chi connectivity index (χ0) is 12.6. The van der Waals surface area contributed by atoms with Gasteiger partial charge in [0.2, 0.25) is 0 Å². The molecule has 0 saturated heterocycles. The lowest BCUT2D eigenvalue weighted by Gasteiger charge is -2.32. The molecule has 0 spiro atoms. The minimum Gasteiger partial charge on any atom is -0.476 e. The van der Waals surface area contributed by atoms with Gasteiger partial charge in [-0.1, -0.05) is 19.1 Å². The highest BCUT2D eigenvalue weighted by atomic mass is 16.4. The first-order valence-electron chi connectivity index (χ1n) is 6.15. The zero-order valence-corrected chi connectivity index (χ0v) is 10.6. The average Bonchev–Trinajstić information content (AvgIpc) is 2.64.